The Balaban J connectivity index is 1.54. The van der Waals surface area contributed by atoms with Crippen molar-refractivity contribution >= 4 is 44.8 Å². The summed E-state index contributed by atoms with van der Waals surface area (Å²) in [5, 5.41) is 3.33. The van der Waals surface area contributed by atoms with E-state index in [1.165, 1.54) is 7.11 Å². The largest absolute Gasteiger partial charge is 0.496 e. The van der Waals surface area contributed by atoms with Crippen molar-refractivity contribution in [3.05, 3.63) is 53.1 Å². The second-order valence-corrected chi connectivity index (χ2v) is 10.2. The lowest BCUT2D eigenvalue weighted by Crippen LogP contribution is -2.41. The van der Waals surface area contributed by atoms with Crippen LogP contribution in [0.15, 0.2) is 42.5 Å². The van der Waals surface area contributed by atoms with E-state index < -0.39 is 10.0 Å². The molecule has 1 heterocycles. The normalized spacial score (nSPS) is 14.6. The van der Waals surface area contributed by atoms with Crippen molar-refractivity contribution in [2.45, 2.75) is 26.2 Å². The zero-order chi connectivity index (χ0) is 24.0. The maximum absolute atomic E-state index is 12.9. The third kappa shape index (κ3) is 6.61. The van der Waals surface area contributed by atoms with Crippen molar-refractivity contribution in [2.24, 2.45) is 5.92 Å². The second-order valence-electron chi connectivity index (χ2n) is 7.90. The number of likely N-dealkylation sites (tertiary alicyclic amines) is 1. The Hall–Kier alpha value is -2.78. The van der Waals surface area contributed by atoms with Gasteiger partial charge in [0.05, 0.1) is 18.4 Å². The smallest absolute Gasteiger partial charge is 0.257 e. The zero-order valence-electron chi connectivity index (χ0n) is 18.6. The van der Waals surface area contributed by atoms with Gasteiger partial charge in [-0.2, -0.15) is 0 Å². The summed E-state index contributed by atoms with van der Waals surface area (Å²) in [7, 11) is -1.86. The minimum Gasteiger partial charge on any atom is -0.496 e. The van der Waals surface area contributed by atoms with Crippen LogP contribution in [0.1, 0.15) is 36.5 Å². The molecule has 10 heteroatoms. The molecule has 0 radical (unpaired) electrons. The van der Waals surface area contributed by atoms with Crippen molar-refractivity contribution in [3.8, 4) is 5.75 Å². The molecule has 0 aromatic heterocycles. The first kappa shape index (κ1) is 24.9. The monoisotopic (exact) mass is 493 g/mol. The molecule has 0 unspecified atom stereocenters. The summed E-state index contributed by atoms with van der Waals surface area (Å²) < 4.78 is 31.5. The molecule has 0 saturated carbocycles. The number of carbonyl (C=O) groups is 2. The molecule has 1 fully saturated rings. The Labute approximate surface area is 199 Å². The van der Waals surface area contributed by atoms with Gasteiger partial charge < -0.3 is 15.0 Å². The van der Waals surface area contributed by atoms with Crippen LogP contribution in [0.5, 0.6) is 5.75 Å². The van der Waals surface area contributed by atoms with Crippen molar-refractivity contribution in [2.75, 3.05) is 36.0 Å². The van der Waals surface area contributed by atoms with Crippen LogP contribution in [-0.4, -0.2) is 51.1 Å². The van der Waals surface area contributed by atoms with Gasteiger partial charge in [-0.05, 0) is 61.7 Å². The minimum absolute atomic E-state index is 0.0524. The fraction of sp³-hybridized carbons (Fsp3) is 0.391. The number of anilines is 2. The summed E-state index contributed by atoms with van der Waals surface area (Å²) >= 11 is 6.04. The van der Waals surface area contributed by atoms with Gasteiger partial charge >= 0.3 is 0 Å². The Kier molecular flexibility index (Phi) is 8.20. The molecule has 1 aliphatic heterocycles. The number of nitrogens with zero attached hydrogens (tertiary/aromatic N) is 1. The molecule has 2 aromatic carbocycles. The average molecular weight is 494 g/mol. The highest BCUT2D eigenvalue weighted by molar-refractivity contribution is 7.92. The van der Waals surface area contributed by atoms with Crippen LogP contribution in [0.4, 0.5) is 11.4 Å². The lowest BCUT2D eigenvalue weighted by molar-refractivity contribution is -0.121. The molecule has 1 saturated heterocycles. The van der Waals surface area contributed by atoms with Gasteiger partial charge in [-0.1, -0.05) is 18.5 Å². The molecule has 0 spiro atoms. The van der Waals surface area contributed by atoms with Crippen molar-refractivity contribution in [1.82, 2.24) is 4.90 Å². The summed E-state index contributed by atoms with van der Waals surface area (Å²) in [5.41, 5.74) is 1.44. The lowest BCUT2D eigenvalue weighted by atomic mass is 9.95. The van der Waals surface area contributed by atoms with E-state index in [0.29, 0.717) is 60.1 Å². The van der Waals surface area contributed by atoms with E-state index >= 15 is 0 Å². The number of nitrogens with one attached hydrogen (secondary N) is 2. The van der Waals surface area contributed by atoms with Crippen LogP contribution in [0.3, 0.4) is 0 Å². The highest BCUT2D eigenvalue weighted by atomic mass is 35.5. The van der Waals surface area contributed by atoms with Gasteiger partial charge in [0, 0.05) is 35.4 Å². The average Bonchev–Trinajstić information content (AvgIpc) is 2.79. The van der Waals surface area contributed by atoms with E-state index in [-0.39, 0.29) is 23.5 Å². The molecule has 3 rings (SSSR count). The van der Waals surface area contributed by atoms with E-state index in [0.717, 1.165) is 0 Å². The molecule has 178 valence electrons. The van der Waals surface area contributed by atoms with Gasteiger partial charge in [0.2, 0.25) is 15.9 Å². The molecule has 2 amide bonds. The number of amides is 2. The second kappa shape index (κ2) is 10.9. The van der Waals surface area contributed by atoms with E-state index in [1.807, 2.05) is 0 Å². The van der Waals surface area contributed by atoms with Gasteiger partial charge in [-0.25, -0.2) is 8.42 Å². The Bertz CT molecular complexity index is 1100. The van der Waals surface area contributed by atoms with Crippen molar-refractivity contribution < 1.29 is 22.7 Å². The fourth-order valence-electron chi connectivity index (χ4n) is 3.73. The van der Waals surface area contributed by atoms with Gasteiger partial charge in [0.15, 0.2) is 0 Å². The van der Waals surface area contributed by atoms with Crippen LogP contribution in [0, 0.1) is 5.92 Å². The number of hydrogen-bond donors (Lipinski definition) is 2. The molecular weight excluding hydrogens is 466 g/mol. The van der Waals surface area contributed by atoms with Gasteiger partial charge in [0.25, 0.3) is 5.91 Å². The summed E-state index contributed by atoms with van der Waals surface area (Å²) in [6.07, 6.45) is 1.60. The number of ether oxygens (including phenoxy) is 1. The number of halogens is 1. The first-order valence-electron chi connectivity index (χ1n) is 10.8. The summed E-state index contributed by atoms with van der Waals surface area (Å²) in [6, 6.07) is 11.5. The first-order valence-corrected chi connectivity index (χ1v) is 12.8. The molecule has 8 nitrogen and oxygen atoms in total. The predicted octanol–water partition coefficient (Wildman–Crippen LogP) is 3.99. The third-order valence-electron chi connectivity index (χ3n) is 5.44. The van der Waals surface area contributed by atoms with Crippen LogP contribution in [-0.2, 0) is 14.8 Å². The third-order valence-corrected chi connectivity index (χ3v) is 7.17. The zero-order valence-corrected chi connectivity index (χ0v) is 20.2. The van der Waals surface area contributed by atoms with Crippen LogP contribution >= 0.6 is 11.6 Å². The number of rotatable bonds is 8. The number of hydrogen-bond acceptors (Lipinski definition) is 5. The molecule has 0 aliphatic carbocycles. The summed E-state index contributed by atoms with van der Waals surface area (Å²) in [6.45, 7) is 2.70. The summed E-state index contributed by atoms with van der Waals surface area (Å²) in [5.74, 6) is -0.00430. The van der Waals surface area contributed by atoms with Gasteiger partial charge in [0.1, 0.15) is 5.75 Å². The summed E-state index contributed by atoms with van der Waals surface area (Å²) in [4.78, 5) is 27.3. The maximum Gasteiger partial charge on any atom is 0.257 e. The number of benzene rings is 2. The fourth-order valence-corrected chi connectivity index (χ4v) is 5.03. The number of methoxy groups -OCH3 is 1. The molecule has 0 atom stereocenters. The van der Waals surface area contributed by atoms with Gasteiger partial charge in [-0.15, -0.1) is 0 Å². The highest BCUT2D eigenvalue weighted by Crippen LogP contribution is 2.27. The highest BCUT2D eigenvalue weighted by Gasteiger charge is 2.29. The minimum atomic E-state index is -3.36. The molecular formula is C23H28ClN3O5S. The number of sulfonamides is 1. The molecule has 1 aliphatic rings. The molecule has 33 heavy (non-hydrogen) atoms. The van der Waals surface area contributed by atoms with E-state index in [1.54, 1.807) is 54.3 Å². The Morgan fingerprint density at radius 2 is 1.73 bits per heavy atom. The van der Waals surface area contributed by atoms with Crippen LogP contribution in [0.25, 0.3) is 0 Å². The number of piperidine rings is 1. The van der Waals surface area contributed by atoms with Crippen LogP contribution in [0.2, 0.25) is 5.02 Å². The van der Waals surface area contributed by atoms with Crippen LogP contribution < -0.4 is 14.8 Å². The predicted molar refractivity (Wildman–Crippen MR) is 129 cm³/mol. The SMILES string of the molecule is CCCS(=O)(=O)Nc1ccc(NC(=O)C2CCN(C(=O)c3cc(Cl)ccc3OC)CC2)cc1. The Morgan fingerprint density at radius 1 is 1.09 bits per heavy atom. The maximum atomic E-state index is 12.9. The first-order chi connectivity index (χ1) is 15.7. The van der Waals surface area contributed by atoms with Crippen molar-refractivity contribution in [1.29, 1.82) is 0 Å². The molecule has 2 N–H and O–H groups in total. The topological polar surface area (TPSA) is 105 Å². The van der Waals surface area contributed by atoms with E-state index in [4.69, 9.17) is 16.3 Å². The molecule has 2 aromatic rings. The van der Waals surface area contributed by atoms with Gasteiger partial charge in [-0.3, -0.25) is 14.3 Å². The lowest BCUT2D eigenvalue weighted by Gasteiger charge is -2.31. The van der Waals surface area contributed by atoms with E-state index in [9.17, 15) is 18.0 Å². The van der Waals surface area contributed by atoms with E-state index in [2.05, 4.69) is 10.0 Å². The molecule has 0 bridgehead atoms. The Morgan fingerprint density at radius 3 is 2.33 bits per heavy atom. The van der Waals surface area contributed by atoms with Crippen molar-refractivity contribution in [3.63, 3.8) is 0 Å². The number of carbonyl (C=O) groups excluding carboxylic acids is 2. The standard InChI is InChI=1S/C23H28ClN3O5S/c1-3-14-33(30,31)26-19-7-5-18(6-8-19)25-22(28)16-10-12-27(13-11-16)23(29)20-15-17(24)4-9-21(20)32-2/h4-9,15-16,26H,3,10-14H2,1-2H3,(H,25,28). The quantitative estimate of drug-likeness (QED) is 0.578.